The molecule has 0 aromatic carbocycles. The molecule has 0 radical (unpaired) electrons. The smallest absolute Gasteiger partial charge is 0.290 e. The highest BCUT2D eigenvalue weighted by Gasteiger charge is 2.20. The average Bonchev–Trinajstić information content (AvgIpc) is 2.95. The second-order valence-electron chi connectivity index (χ2n) is 5.80. The first-order valence-corrected chi connectivity index (χ1v) is 8.46. The number of carbonyl (C=O) groups excluding carboxylic acids is 1. The van der Waals surface area contributed by atoms with E-state index < -0.39 is 0 Å². The Morgan fingerprint density at radius 1 is 1.30 bits per heavy atom. The fraction of sp³-hybridized carbons (Fsp3) is 0.294. The Morgan fingerprint density at radius 3 is 2.96 bits per heavy atom. The summed E-state index contributed by atoms with van der Waals surface area (Å²) < 4.78 is 1.97. The molecule has 0 amide bonds. The number of rotatable bonds is 2. The van der Waals surface area contributed by atoms with E-state index in [2.05, 4.69) is 10.1 Å². The number of hydrogen-bond acceptors (Lipinski definition) is 5. The van der Waals surface area contributed by atoms with Gasteiger partial charge in [0.05, 0.1) is 11.8 Å². The molecule has 0 spiro atoms. The average molecular weight is 325 g/mol. The number of aromatic nitrogens is 3. The van der Waals surface area contributed by atoms with E-state index >= 15 is 0 Å². The Balaban J connectivity index is 2.00. The second-order valence-corrected chi connectivity index (χ2v) is 6.90. The highest BCUT2D eigenvalue weighted by molar-refractivity contribution is 7.19. The molecule has 3 heterocycles. The number of aryl methyl sites for hydroxylation is 3. The molecule has 5 nitrogen and oxygen atoms in total. The van der Waals surface area contributed by atoms with Crippen molar-refractivity contribution in [2.24, 2.45) is 0 Å². The number of fused-ring (bicyclic) bond motifs is 3. The molecule has 1 aliphatic rings. The molecular formula is C17H15N3O2S. The second kappa shape index (κ2) is 5.38. The van der Waals surface area contributed by atoms with Gasteiger partial charge in [-0.15, -0.1) is 11.3 Å². The summed E-state index contributed by atoms with van der Waals surface area (Å²) in [6, 6.07) is 1.75. The maximum Gasteiger partial charge on any atom is 0.290 e. The molecule has 0 saturated heterocycles. The minimum Gasteiger partial charge on any atom is -0.298 e. The quantitative estimate of drug-likeness (QED) is 0.680. The lowest BCUT2D eigenvalue weighted by molar-refractivity contribution is 0.112. The summed E-state index contributed by atoms with van der Waals surface area (Å²) in [5.74, 6) is 0.304. The number of nitrogens with zero attached hydrogens (tertiary/aromatic N) is 3. The van der Waals surface area contributed by atoms with Crippen molar-refractivity contribution in [3.05, 3.63) is 50.4 Å². The molecule has 4 rings (SSSR count). The van der Waals surface area contributed by atoms with E-state index in [0.717, 1.165) is 36.5 Å². The summed E-state index contributed by atoms with van der Waals surface area (Å²) in [5.41, 5.74) is 2.27. The zero-order valence-corrected chi connectivity index (χ0v) is 13.5. The number of thiophene rings is 1. The molecule has 0 N–H and O–H groups in total. The molecule has 6 heteroatoms. The summed E-state index contributed by atoms with van der Waals surface area (Å²) in [6.45, 7) is 1.82. The highest BCUT2D eigenvalue weighted by Crippen LogP contribution is 2.34. The summed E-state index contributed by atoms with van der Waals surface area (Å²) in [7, 11) is 0. The van der Waals surface area contributed by atoms with E-state index in [-0.39, 0.29) is 5.56 Å². The van der Waals surface area contributed by atoms with Gasteiger partial charge in [0.15, 0.2) is 12.1 Å². The molecule has 0 fully saturated rings. The van der Waals surface area contributed by atoms with Crippen LogP contribution in [0.25, 0.3) is 15.9 Å². The van der Waals surface area contributed by atoms with Crippen LogP contribution in [-0.4, -0.2) is 21.1 Å². The molecule has 23 heavy (non-hydrogen) atoms. The van der Waals surface area contributed by atoms with Crippen molar-refractivity contribution in [1.82, 2.24) is 14.8 Å². The van der Waals surface area contributed by atoms with Crippen LogP contribution in [0.2, 0.25) is 0 Å². The molecule has 3 aromatic rings. The predicted octanol–water partition coefficient (Wildman–Crippen LogP) is 2.84. The zero-order valence-electron chi connectivity index (χ0n) is 12.7. The van der Waals surface area contributed by atoms with E-state index in [0.29, 0.717) is 16.1 Å². The predicted molar refractivity (Wildman–Crippen MR) is 89.8 cm³/mol. The SMILES string of the molecule is Cc1ccnc(-n2ncc3c4c(sc3c2=O)CCCC4)c1C=O. The van der Waals surface area contributed by atoms with Crippen LogP contribution in [0.3, 0.4) is 0 Å². The van der Waals surface area contributed by atoms with Gasteiger partial charge in [0.2, 0.25) is 0 Å². The van der Waals surface area contributed by atoms with Gasteiger partial charge < -0.3 is 0 Å². The first-order valence-electron chi connectivity index (χ1n) is 7.64. The van der Waals surface area contributed by atoms with Gasteiger partial charge in [0.25, 0.3) is 5.56 Å². The molecule has 0 atom stereocenters. The fourth-order valence-electron chi connectivity index (χ4n) is 3.17. The Bertz CT molecular complexity index is 987. The molecular weight excluding hydrogens is 310 g/mol. The number of aldehydes is 1. The van der Waals surface area contributed by atoms with Crippen molar-refractivity contribution in [3.63, 3.8) is 0 Å². The van der Waals surface area contributed by atoms with Crippen LogP contribution in [0, 0.1) is 6.92 Å². The van der Waals surface area contributed by atoms with Crippen LogP contribution in [-0.2, 0) is 12.8 Å². The number of hydrogen-bond donors (Lipinski definition) is 0. The molecule has 0 saturated carbocycles. The molecule has 0 unspecified atom stereocenters. The van der Waals surface area contributed by atoms with Gasteiger partial charge in [-0.3, -0.25) is 9.59 Å². The highest BCUT2D eigenvalue weighted by atomic mass is 32.1. The minimum atomic E-state index is -0.192. The standard InChI is InChI=1S/C17H15N3O2S/c1-10-6-7-18-16(13(10)9-21)20-17(22)15-12(8-19-20)11-4-2-3-5-14(11)23-15/h6-9H,2-5H2,1H3. The molecule has 116 valence electrons. The van der Waals surface area contributed by atoms with Crippen molar-refractivity contribution in [3.8, 4) is 5.82 Å². The van der Waals surface area contributed by atoms with Gasteiger partial charge in [0.1, 0.15) is 4.70 Å². The van der Waals surface area contributed by atoms with Gasteiger partial charge in [-0.2, -0.15) is 9.78 Å². The van der Waals surface area contributed by atoms with Crippen molar-refractivity contribution < 1.29 is 4.79 Å². The number of carbonyl (C=O) groups is 1. The van der Waals surface area contributed by atoms with E-state index in [9.17, 15) is 9.59 Å². The lowest BCUT2D eigenvalue weighted by Gasteiger charge is -2.10. The van der Waals surface area contributed by atoms with Crippen LogP contribution >= 0.6 is 11.3 Å². The van der Waals surface area contributed by atoms with Crippen LogP contribution in [0.1, 0.15) is 39.2 Å². The Labute approximate surface area is 136 Å². The zero-order chi connectivity index (χ0) is 16.0. The first kappa shape index (κ1) is 14.3. The lowest BCUT2D eigenvalue weighted by atomic mass is 9.97. The van der Waals surface area contributed by atoms with Gasteiger partial charge in [-0.1, -0.05) is 0 Å². The third-order valence-corrected chi connectivity index (χ3v) is 5.70. The van der Waals surface area contributed by atoms with E-state index in [1.54, 1.807) is 29.8 Å². The normalized spacial score (nSPS) is 14.0. The topological polar surface area (TPSA) is 64.8 Å². The van der Waals surface area contributed by atoms with Crippen molar-refractivity contribution in [1.29, 1.82) is 0 Å². The maximum absolute atomic E-state index is 12.9. The summed E-state index contributed by atoms with van der Waals surface area (Å²) in [4.78, 5) is 29.8. The van der Waals surface area contributed by atoms with Crippen LogP contribution < -0.4 is 5.56 Å². The fourth-order valence-corrected chi connectivity index (χ4v) is 4.46. The van der Waals surface area contributed by atoms with E-state index in [1.807, 2.05) is 6.92 Å². The number of pyridine rings is 1. The van der Waals surface area contributed by atoms with Gasteiger partial charge >= 0.3 is 0 Å². The van der Waals surface area contributed by atoms with Gasteiger partial charge in [-0.05, 0) is 49.8 Å². The largest absolute Gasteiger partial charge is 0.298 e. The molecule has 0 aliphatic heterocycles. The lowest BCUT2D eigenvalue weighted by Crippen LogP contribution is -2.22. The third-order valence-electron chi connectivity index (χ3n) is 4.41. The van der Waals surface area contributed by atoms with Gasteiger partial charge in [0, 0.05) is 16.5 Å². The van der Waals surface area contributed by atoms with Crippen LogP contribution in [0.15, 0.2) is 23.3 Å². The Hall–Kier alpha value is -2.34. The Kier molecular flexibility index (Phi) is 3.34. The van der Waals surface area contributed by atoms with Gasteiger partial charge in [-0.25, -0.2) is 4.98 Å². The Morgan fingerprint density at radius 2 is 2.13 bits per heavy atom. The molecule has 3 aromatic heterocycles. The summed E-state index contributed by atoms with van der Waals surface area (Å²) in [5, 5.41) is 5.26. The first-order chi connectivity index (χ1) is 11.2. The maximum atomic E-state index is 12.9. The van der Waals surface area contributed by atoms with E-state index in [1.165, 1.54) is 21.5 Å². The third kappa shape index (κ3) is 2.13. The van der Waals surface area contributed by atoms with Crippen molar-refractivity contribution in [2.45, 2.75) is 32.6 Å². The monoisotopic (exact) mass is 325 g/mol. The molecule has 0 bridgehead atoms. The van der Waals surface area contributed by atoms with E-state index in [4.69, 9.17) is 0 Å². The summed E-state index contributed by atoms with van der Waals surface area (Å²) in [6.07, 6.45) is 8.47. The van der Waals surface area contributed by atoms with Crippen LogP contribution in [0.5, 0.6) is 0 Å². The molecule has 1 aliphatic carbocycles. The van der Waals surface area contributed by atoms with Crippen molar-refractivity contribution >= 4 is 27.7 Å². The van der Waals surface area contributed by atoms with Crippen LogP contribution in [0.4, 0.5) is 0 Å². The van der Waals surface area contributed by atoms with Crippen molar-refractivity contribution in [2.75, 3.05) is 0 Å². The summed E-state index contributed by atoms with van der Waals surface area (Å²) >= 11 is 1.56. The minimum absolute atomic E-state index is 0.192.